The van der Waals surface area contributed by atoms with Crippen molar-refractivity contribution in [1.82, 2.24) is 16.0 Å². The number of hydrogen-bond donors (Lipinski definition) is 3. The third-order valence-electron chi connectivity index (χ3n) is 3.48. The van der Waals surface area contributed by atoms with Gasteiger partial charge in [0.2, 0.25) is 5.91 Å². The van der Waals surface area contributed by atoms with Gasteiger partial charge < -0.3 is 10.6 Å². The molecule has 0 radical (unpaired) electrons. The Morgan fingerprint density at radius 3 is 2.29 bits per heavy atom. The molecular formula is C12H23N3O2. The van der Waals surface area contributed by atoms with Crippen LogP contribution in [0.2, 0.25) is 0 Å². The van der Waals surface area contributed by atoms with Gasteiger partial charge in [-0.25, -0.2) is 4.79 Å². The summed E-state index contributed by atoms with van der Waals surface area (Å²) in [6.45, 7) is 3.89. The summed E-state index contributed by atoms with van der Waals surface area (Å²) in [5.41, 5.74) is 0. The number of carbonyl (C=O) groups is 2. The molecule has 17 heavy (non-hydrogen) atoms. The zero-order valence-electron chi connectivity index (χ0n) is 10.9. The molecule has 0 aromatic heterocycles. The Hall–Kier alpha value is -1.10. The fraction of sp³-hybridized carbons (Fsp3) is 0.833. The third-order valence-corrected chi connectivity index (χ3v) is 3.48. The standard InChI is InChI=1S/C12H23N3O2/c1-8(10-6-4-5-7-10)14-9(2)11(16)15-12(17)13-3/h8-10,14H,4-7H2,1-3H3,(H2,13,15,16,17). The van der Waals surface area contributed by atoms with E-state index in [-0.39, 0.29) is 11.9 Å². The van der Waals surface area contributed by atoms with Gasteiger partial charge in [-0.1, -0.05) is 12.8 Å². The maximum absolute atomic E-state index is 11.6. The fourth-order valence-corrected chi connectivity index (χ4v) is 2.35. The molecule has 0 aromatic rings. The number of amides is 3. The van der Waals surface area contributed by atoms with E-state index in [0.29, 0.717) is 12.0 Å². The first-order valence-corrected chi connectivity index (χ1v) is 6.33. The highest BCUT2D eigenvalue weighted by atomic mass is 16.2. The van der Waals surface area contributed by atoms with Crippen LogP contribution in [0.1, 0.15) is 39.5 Å². The van der Waals surface area contributed by atoms with Crippen molar-refractivity contribution in [3.8, 4) is 0 Å². The van der Waals surface area contributed by atoms with Crippen molar-refractivity contribution in [2.45, 2.75) is 51.6 Å². The number of imide groups is 1. The van der Waals surface area contributed by atoms with Crippen molar-refractivity contribution in [2.24, 2.45) is 5.92 Å². The van der Waals surface area contributed by atoms with Crippen LogP contribution in [-0.2, 0) is 4.79 Å². The molecule has 1 saturated carbocycles. The largest absolute Gasteiger partial charge is 0.341 e. The monoisotopic (exact) mass is 241 g/mol. The van der Waals surface area contributed by atoms with Gasteiger partial charge in [-0.15, -0.1) is 0 Å². The molecule has 0 aromatic carbocycles. The van der Waals surface area contributed by atoms with Gasteiger partial charge in [-0.05, 0) is 32.6 Å². The summed E-state index contributed by atoms with van der Waals surface area (Å²) >= 11 is 0. The first kappa shape index (κ1) is 14.0. The fourth-order valence-electron chi connectivity index (χ4n) is 2.35. The lowest BCUT2D eigenvalue weighted by Crippen LogP contribution is -2.50. The second-order valence-corrected chi connectivity index (χ2v) is 4.79. The second-order valence-electron chi connectivity index (χ2n) is 4.79. The highest BCUT2D eigenvalue weighted by Crippen LogP contribution is 2.27. The van der Waals surface area contributed by atoms with Crippen molar-refractivity contribution in [2.75, 3.05) is 7.05 Å². The Bertz CT molecular complexity index is 275. The first-order valence-electron chi connectivity index (χ1n) is 6.33. The van der Waals surface area contributed by atoms with Gasteiger partial charge in [0.15, 0.2) is 0 Å². The van der Waals surface area contributed by atoms with E-state index < -0.39 is 6.03 Å². The van der Waals surface area contributed by atoms with Crippen LogP contribution in [0, 0.1) is 5.92 Å². The lowest BCUT2D eigenvalue weighted by atomic mass is 9.99. The Labute approximate surface area is 103 Å². The summed E-state index contributed by atoms with van der Waals surface area (Å²) in [6, 6.07) is -0.483. The molecule has 5 heteroatoms. The van der Waals surface area contributed by atoms with Gasteiger partial charge in [0.1, 0.15) is 0 Å². The topological polar surface area (TPSA) is 70.2 Å². The molecule has 5 nitrogen and oxygen atoms in total. The minimum atomic E-state index is -0.461. The van der Waals surface area contributed by atoms with Gasteiger partial charge in [0.05, 0.1) is 6.04 Å². The van der Waals surface area contributed by atoms with Crippen LogP contribution >= 0.6 is 0 Å². The maximum atomic E-state index is 11.6. The highest BCUT2D eigenvalue weighted by Gasteiger charge is 2.24. The van der Waals surface area contributed by atoms with E-state index >= 15 is 0 Å². The molecule has 0 heterocycles. The van der Waals surface area contributed by atoms with Crippen LogP contribution < -0.4 is 16.0 Å². The van der Waals surface area contributed by atoms with Crippen molar-refractivity contribution < 1.29 is 9.59 Å². The smallest absolute Gasteiger partial charge is 0.321 e. The molecule has 0 saturated heterocycles. The van der Waals surface area contributed by atoms with E-state index in [1.165, 1.54) is 32.7 Å². The van der Waals surface area contributed by atoms with Crippen LogP contribution in [0.5, 0.6) is 0 Å². The van der Waals surface area contributed by atoms with Crippen molar-refractivity contribution in [3.63, 3.8) is 0 Å². The molecule has 3 amide bonds. The normalized spacial score (nSPS) is 19.7. The van der Waals surface area contributed by atoms with Gasteiger partial charge >= 0.3 is 6.03 Å². The van der Waals surface area contributed by atoms with E-state index in [4.69, 9.17) is 0 Å². The number of rotatable bonds is 4. The number of carbonyl (C=O) groups excluding carboxylic acids is 2. The SMILES string of the molecule is CNC(=O)NC(=O)C(C)NC(C)C1CCCC1. The van der Waals surface area contributed by atoms with Crippen molar-refractivity contribution in [1.29, 1.82) is 0 Å². The molecular weight excluding hydrogens is 218 g/mol. The lowest BCUT2D eigenvalue weighted by molar-refractivity contribution is -0.121. The predicted octanol–water partition coefficient (Wildman–Crippen LogP) is 0.999. The van der Waals surface area contributed by atoms with E-state index in [1.54, 1.807) is 6.92 Å². The third kappa shape index (κ3) is 4.34. The molecule has 1 aliphatic rings. The zero-order chi connectivity index (χ0) is 12.8. The van der Waals surface area contributed by atoms with Gasteiger partial charge in [-0.2, -0.15) is 0 Å². The summed E-state index contributed by atoms with van der Waals surface area (Å²) in [6.07, 6.45) is 5.04. The van der Waals surface area contributed by atoms with Gasteiger partial charge in [-0.3, -0.25) is 10.1 Å². The zero-order valence-corrected chi connectivity index (χ0v) is 10.9. The average molecular weight is 241 g/mol. The minimum absolute atomic E-state index is 0.283. The number of hydrogen-bond acceptors (Lipinski definition) is 3. The van der Waals surface area contributed by atoms with Crippen molar-refractivity contribution in [3.05, 3.63) is 0 Å². The molecule has 1 aliphatic carbocycles. The summed E-state index contributed by atoms with van der Waals surface area (Å²) in [7, 11) is 1.49. The quantitative estimate of drug-likeness (QED) is 0.687. The summed E-state index contributed by atoms with van der Waals surface area (Å²) in [5.74, 6) is 0.374. The predicted molar refractivity (Wildman–Crippen MR) is 66.6 cm³/mol. The van der Waals surface area contributed by atoms with Crippen LogP contribution in [-0.4, -0.2) is 31.1 Å². The molecule has 0 bridgehead atoms. The average Bonchev–Trinajstić information content (AvgIpc) is 2.82. The molecule has 0 spiro atoms. The number of nitrogens with one attached hydrogen (secondary N) is 3. The van der Waals surface area contributed by atoms with E-state index in [1.807, 2.05) is 0 Å². The van der Waals surface area contributed by atoms with Gasteiger partial charge in [0.25, 0.3) is 0 Å². The van der Waals surface area contributed by atoms with Crippen molar-refractivity contribution >= 4 is 11.9 Å². The van der Waals surface area contributed by atoms with E-state index in [9.17, 15) is 9.59 Å². The lowest BCUT2D eigenvalue weighted by Gasteiger charge is -2.24. The van der Waals surface area contributed by atoms with Crippen LogP contribution in [0.25, 0.3) is 0 Å². The molecule has 3 N–H and O–H groups in total. The Morgan fingerprint density at radius 1 is 1.18 bits per heavy atom. The molecule has 2 unspecified atom stereocenters. The summed E-state index contributed by atoms with van der Waals surface area (Å²) in [5, 5.41) is 7.89. The molecule has 1 rings (SSSR count). The first-order chi connectivity index (χ1) is 8.04. The van der Waals surface area contributed by atoms with E-state index in [0.717, 1.165) is 0 Å². The highest BCUT2D eigenvalue weighted by molar-refractivity contribution is 5.96. The molecule has 0 aliphatic heterocycles. The Balaban J connectivity index is 2.34. The van der Waals surface area contributed by atoms with Crippen LogP contribution in [0.15, 0.2) is 0 Å². The van der Waals surface area contributed by atoms with Gasteiger partial charge in [0, 0.05) is 13.1 Å². The van der Waals surface area contributed by atoms with Crippen LogP contribution in [0.4, 0.5) is 4.79 Å². The Kier molecular flexibility index (Phi) is 5.41. The minimum Gasteiger partial charge on any atom is -0.341 e. The molecule has 98 valence electrons. The molecule has 1 fully saturated rings. The van der Waals surface area contributed by atoms with E-state index in [2.05, 4.69) is 22.9 Å². The Morgan fingerprint density at radius 2 is 1.76 bits per heavy atom. The summed E-state index contributed by atoms with van der Waals surface area (Å²) < 4.78 is 0. The summed E-state index contributed by atoms with van der Waals surface area (Å²) in [4.78, 5) is 22.6. The maximum Gasteiger partial charge on any atom is 0.321 e. The van der Waals surface area contributed by atoms with Crippen LogP contribution in [0.3, 0.4) is 0 Å². The number of urea groups is 1. The molecule has 2 atom stereocenters. The second kappa shape index (κ2) is 6.59.